The number of hydrogen-bond donors (Lipinski definition) is 0. The molecule has 1 aliphatic heterocycles. The van der Waals surface area contributed by atoms with Crippen LogP contribution < -0.4 is 0 Å². The molecule has 0 bridgehead atoms. The van der Waals surface area contributed by atoms with Gasteiger partial charge in [0, 0.05) is 41.8 Å². The van der Waals surface area contributed by atoms with Gasteiger partial charge in [0.2, 0.25) is 10.0 Å². The summed E-state index contributed by atoms with van der Waals surface area (Å²) < 4.78 is 30.2. The van der Waals surface area contributed by atoms with Crippen molar-refractivity contribution >= 4 is 33.0 Å². The molecule has 0 atom stereocenters. The first-order chi connectivity index (χ1) is 14.3. The minimum Gasteiger partial charge on any atom is -0.329 e. The normalized spacial score (nSPS) is 16.3. The molecule has 0 unspecified atom stereocenters. The van der Waals surface area contributed by atoms with Gasteiger partial charge in [-0.1, -0.05) is 11.6 Å². The molecule has 0 saturated carbocycles. The molecule has 1 saturated heterocycles. The van der Waals surface area contributed by atoms with Crippen LogP contribution in [-0.4, -0.2) is 40.3 Å². The molecule has 0 N–H and O–H groups in total. The Bertz CT molecular complexity index is 1160. The van der Waals surface area contributed by atoms with E-state index in [1.54, 1.807) is 34.7 Å². The summed E-state index contributed by atoms with van der Waals surface area (Å²) in [6.07, 6.45) is 5.29. The molecule has 0 aliphatic carbocycles. The quantitative estimate of drug-likeness (QED) is 0.556. The highest BCUT2D eigenvalue weighted by Crippen LogP contribution is 2.32. The second-order valence-corrected chi connectivity index (χ2v) is 11.2. The first-order valence-electron chi connectivity index (χ1n) is 9.94. The zero-order valence-corrected chi connectivity index (χ0v) is 19.7. The van der Waals surface area contributed by atoms with Crippen molar-refractivity contribution in [3.8, 4) is 0 Å². The summed E-state index contributed by atoms with van der Waals surface area (Å²) in [4.78, 5) is 9.47. The molecular formula is C21H25ClN4O2S2. The van der Waals surface area contributed by atoms with E-state index in [4.69, 9.17) is 11.6 Å². The number of sulfonamides is 1. The average molecular weight is 465 g/mol. The van der Waals surface area contributed by atoms with Gasteiger partial charge >= 0.3 is 0 Å². The van der Waals surface area contributed by atoms with Gasteiger partial charge in [0.25, 0.3) is 0 Å². The molecule has 1 aliphatic rings. The number of aromatic nitrogens is 3. The summed E-state index contributed by atoms with van der Waals surface area (Å²) in [5.74, 6) is 1.25. The van der Waals surface area contributed by atoms with E-state index < -0.39 is 10.0 Å². The molecule has 30 heavy (non-hydrogen) atoms. The van der Waals surface area contributed by atoms with Gasteiger partial charge in [-0.05, 0) is 56.9 Å². The Labute approximate surface area is 186 Å². The number of imidazole rings is 1. The van der Waals surface area contributed by atoms with Crippen LogP contribution >= 0.6 is 22.9 Å². The minimum absolute atomic E-state index is 0.235. The third kappa shape index (κ3) is 4.19. The number of nitrogens with zero attached hydrogens (tertiary/aromatic N) is 4. The lowest BCUT2D eigenvalue weighted by atomic mass is 9.97. The highest BCUT2D eigenvalue weighted by atomic mass is 35.5. The molecule has 9 heteroatoms. The topological polar surface area (TPSA) is 68.1 Å². The highest BCUT2D eigenvalue weighted by Gasteiger charge is 2.32. The zero-order chi connectivity index (χ0) is 21.5. The summed E-state index contributed by atoms with van der Waals surface area (Å²) in [5.41, 5.74) is 2.49. The summed E-state index contributed by atoms with van der Waals surface area (Å²) in [7, 11) is -3.54. The van der Waals surface area contributed by atoms with Crippen LogP contribution in [0.25, 0.3) is 0 Å². The SMILES string of the molecule is Cc1nc(Cn2ccnc2C2CCN(S(=O)(=O)c3cc(C)c(Cl)cc3C)CC2)cs1. The van der Waals surface area contributed by atoms with E-state index in [-0.39, 0.29) is 5.92 Å². The Hall–Kier alpha value is -1.74. The standard InChI is InChI=1S/C21H25ClN4O2S2/c1-14-11-20(15(2)10-19(14)22)30(27,28)26-7-4-17(5-8-26)21-23-6-9-25(21)12-18-13-29-16(3)24-18/h6,9-11,13,17H,4-5,7-8,12H2,1-3H3. The monoisotopic (exact) mass is 464 g/mol. The molecule has 2 aromatic heterocycles. The van der Waals surface area contributed by atoms with Crippen LogP contribution in [0, 0.1) is 20.8 Å². The molecule has 3 heterocycles. The molecule has 0 radical (unpaired) electrons. The van der Waals surface area contributed by atoms with E-state index in [9.17, 15) is 8.42 Å². The number of benzene rings is 1. The number of hydrogen-bond acceptors (Lipinski definition) is 5. The van der Waals surface area contributed by atoms with Crippen molar-refractivity contribution in [2.24, 2.45) is 0 Å². The van der Waals surface area contributed by atoms with Crippen LogP contribution in [0.4, 0.5) is 0 Å². The maximum Gasteiger partial charge on any atom is 0.243 e. The Morgan fingerprint density at radius 2 is 1.90 bits per heavy atom. The van der Waals surface area contributed by atoms with Crippen LogP contribution in [0.3, 0.4) is 0 Å². The van der Waals surface area contributed by atoms with E-state index in [2.05, 4.69) is 19.9 Å². The second-order valence-electron chi connectivity index (χ2n) is 7.82. The number of piperidine rings is 1. The Morgan fingerprint density at radius 1 is 1.17 bits per heavy atom. The van der Waals surface area contributed by atoms with Crippen LogP contribution in [0.2, 0.25) is 5.02 Å². The van der Waals surface area contributed by atoms with E-state index in [0.29, 0.717) is 35.1 Å². The van der Waals surface area contributed by atoms with Crippen molar-refractivity contribution in [1.82, 2.24) is 18.8 Å². The van der Waals surface area contributed by atoms with Gasteiger partial charge < -0.3 is 4.57 Å². The Balaban J connectivity index is 1.48. The summed E-state index contributed by atoms with van der Waals surface area (Å²) in [5, 5.41) is 3.72. The van der Waals surface area contributed by atoms with Crippen molar-refractivity contribution in [2.75, 3.05) is 13.1 Å². The minimum atomic E-state index is -3.54. The predicted octanol–water partition coefficient (Wildman–Crippen LogP) is 4.53. The maximum atomic E-state index is 13.2. The van der Waals surface area contributed by atoms with Gasteiger partial charge in [-0.25, -0.2) is 18.4 Å². The zero-order valence-electron chi connectivity index (χ0n) is 17.3. The van der Waals surface area contributed by atoms with Gasteiger partial charge in [-0.2, -0.15) is 4.31 Å². The first kappa shape index (κ1) is 21.5. The molecular weight excluding hydrogens is 440 g/mol. The van der Waals surface area contributed by atoms with Crippen LogP contribution in [-0.2, 0) is 16.6 Å². The smallest absolute Gasteiger partial charge is 0.243 e. The van der Waals surface area contributed by atoms with E-state index >= 15 is 0 Å². The largest absolute Gasteiger partial charge is 0.329 e. The van der Waals surface area contributed by atoms with Gasteiger partial charge in [-0.3, -0.25) is 0 Å². The molecule has 160 valence electrons. The van der Waals surface area contributed by atoms with Crippen LogP contribution in [0.1, 0.15) is 46.4 Å². The van der Waals surface area contributed by atoms with Crippen molar-refractivity contribution in [3.63, 3.8) is 0 Å². The fraction of sp³-hybridized carbons (Fsp3) is 0.429. The summed E-state index contributed by atoms with van der Waals surface area (Å²) >= 11 is 7.80. The average Bonchev–Trinajstić information content (AvgIpc) is 3.34. The van der Waals surface area contributed by atoms with Crippen molar-refractivity contribution in [1.29, 1.82) is 0 Å². The molecule has 6 nitrogen and oxygen atoms in total. The van der Waals surface area contributed by atoms with E-state index in [1.165, 1.54) is 0 Å². The van der Waals surface area contributed by atoms with E-state index in [1.807, 2.05) is 26.2 Å². The van der Waals surface area contributed by atoms with Gasteiger partial charge in [0.05, 0.1) is 22.1 Å². The summed E-state index contributed by atoms with van der Waals surface area (Å²) in [6.45, 7) is 7.29. The van der Waals surface area contributed by atoms with Gasteiger partial charge in [-0.15, -0.1) is 11.3 Å². The second kappa shape index (κ2) is 8.42. The Kier molecular flexibility index (Phi) is 6.03. The van der Waals surface area contributed by atoms with Crippen molar-refractivity contribution in [3.05, 3.63) is 62.6 Å². The van der Waals surface area contributed by atoms with Crippen molar-refractivity contribution < 1.29 is 8.42 Å². The maximum absolute atomic E-state index is 13.2. The van der Waals surface area contributed by atoms with E-state index in [0.717, 1.165) is 34.9 Å². The van der Waals surface area contributed by atoms with Crippen molar-refractivity contribution in [2.45, 2.75) is 51.0 Å². The number of rotatable bonds is 5. The molecule has 3 aromatic rings. The first-order valence-corrected chi connectivity index (χ1v) is 12.6. The Morgan fingerprint density at radius 3 is 2.57 bits per heavy atom. The number of thiazole rings is 1. The lowest BCUT2D eigenvalue weighted by Gasteiger charge is -2.31. The fourth-order valence-corrected chi connectivity index (χ4v) is 6.58. The number of aryl methyl sites for hydroxylation is 3. The molecule has 1 aromatic carbocycles. The number of halogens is 1. The lowest BCUT2D eigenvalue weighted by molar-refractivity contribution is 0.310. The molecule has 0 amide bonds. The van der Waals surface area contributed by atoms with Gasteiger partial charge in [0.1, 0.15) is 5.82 Å². The van der Waals surface area contributed by atoms with Crippen LogP contribution in [0.5, 0.6) is 0 Å². The third-order valence-corrected chi connectivity index (χ3v) is 8.91. The lowest BCUT2D eigenvalue weighted by Crippen LogP contribution is -2.38. The van der Waals surface area contributed by atoms with Crippen LogP contribution in [0.15, 0.2) is 34.8 Å². The molecule has 1 fully saturated rings. The third-order valence-electron chi connectivity index (χ3n) is 5.64. The molecule has 4 rings (SSSR count). The highest BCUT2D eigenvalue weighted by molar-refractivity contribution is 7.89. The molecule has 0 spiro atoms. The summed E-state index contributed by atoms with van der Waals surface area (Å²) in [6, 6.07) is 3.41. The van der Waals surface area contributed by atoms with Gasteiger partial charge in [0.15, 0.2) is 0 Å². The predicted molar refractivity (Wildman–Crippen MR) is 120 cm³/mol. The fourth-order valence-electron chi connectivity index (χ4n) is 4.00.